The molecule has 46 heavy (non-hydrogen) atoms. The van der Waals surface area contributed by atoms with Crippen LogP contribution >= 0.6 is 15.8 Å². The van der Waals surface area contributed by atoms with Crippen LogP contribution in [0.15, 0.2) is 121 Å². The zero-order chi connectivity index (χ0) is 31.9. The van der Waals surface area contributed by atoms with E-state index in [2.05, 4.69) is 111 Å². The van der Waals surface area contributed by atoms with E-state index in [1.807, 2.05) is 12.1 Å². The van der Waals surface area contributed by atoms with Crippen molar-refractivity contribution >= 4 is 70.4 Å². The SMILES string of the molecule is Cc1ccc2c(c1)Nc1cc(C)ccc1P(c1cccc(F)c1)c1ccc(C)cc1Nc1cc(C)ccc1P2c1cccc(F)c1. The maximum absolute atomic E-state index is 14.9. The van der Waals surface area contributed by atoms with Crippen molar-refractivity contribution in [3.05, 3.63) is 155 Å². The Bertz CT molecular complexity index is 1860. The Balaban J connectivity index is 1.60. The molecular formula is C40H34F2N2P2. The highest BCUT2D eigenvalue weighted by Crippen LogP contribution is 2.44. The van der Waals surface area contributed by atoms with Crippen molar-refractivity contribution in [3.8, 4) is 0 Å². The molecule has 0 saturated heterocycles. The van der Waals surface area contributed by atoms with Gasteiger partial charge < -0.3 is 10.6 Å². The van der Waals surface area contributed by atoms with Gasteiger partial charge in [-0.25, -0.2) is 8.78 Å². The number of aryl methyl sites for hydroxylation is 4. The van der Waals surface area contributed by atoms with Gasteiger partial charge in [0, 0.05) is 44.0 Å². The van der Waals surface area contributed by atoms with Crippen molar-refractivity contribution in [3.63, 3.8) is 0 Å². The Morgan fingerprint density at radius 3 is 0.978 bits per heavy atom. The minimum atomic E-state index is -1.19. The Morgan fingerprint density at radius 1 is 0.391 bits per heavy atom. The molecule has 0 aliphatic carbocycles. The third kappa shape index (κ3) is 5.96. The fraction of sp³-hybridized carbons (Fsp3) is 0.100. The maximum Gasteiger partial charge on any atom is 0.123 e. The summed E-state index contributed by atoms with van der Waals surface area (Å²) < 4.78 is 29.8. The summed E-state index contributed by atoms with van der Waals surface area (Å²) in [6, 6.07) is 40.1. The van der Waals surface area contributed by atoms with E-state index in [1.165, 1.54) is 12.1 Å². The lowest BCUT2D eigenvalue weighted by Crippen LogP contribution is -2.29. The first-order valence-corrected chi connectivity index (χ1v) is 18.0. The quantitative estimate of drug-likeness (QED) is 0.185. The molecule has 0 unspecified atom stereocenters. The van der Waals surface area contributed by atoms with Gasteiger partial charge in [0.2, 0.25) is 0 Å². The van der Waals surface area contributed by atoms with Crippen molar-refractivity contribution in [2.45, 2.75) is 27.7 Å². The molecule has 0 saturated carbocycles. The van der Waals surface area contributed by atoms with Crippen molar-refractivity contribution in [2.75, 3.05) is 10.6 Å². The van der Waals surface area contributed by atoms with E-state index in [1.54, 1.807) is 24.3 Å². The van der Waals surface area contributed by atoms with E-state index in [4.69, 9.17) is 0 Å². The van der Waals surface area contributed by atoms with Gasteiger partial charge in [-0.1, -0.05) is 72.8 Å². The first kappa shape index (κ1) is 30.3. The lowest BCUT2D eigenvalue weighted by atomic mass is 10.2. The van der Waals surface area contributed by atoms with Crippen LogP contribution in [0.1, 0.15) is 22.3 Å². The number of anilines is 4. The number of halogens is 2. The third-order valence-corrected chi connectivity index (χ3v) is 13.3. The molecule has 0 atom stereocenters. The molecule has 6 heteroatoms. The van der Waals surface area contributed by atoms with Crippen LogP contribution in [0.2, 0.25) is 0 Å². The Labute approximate surface area is 272 Å². The summed E-state index contributed by atoms with van der Waals surface area (Å²) in [6.45, 7) is 8.38. The summed E-state index contributed by atoms with van der Waals surface area (Å²) in [5.41, 5.74) is 8.41. The number of rotatable bonds is 2. The first-order valence-electron chi connectivity index (χ1n) is 15.3. The molecule has 1 aliphatic rings. The molecule has 1 aliphatic heterocycles. The molecule has 6 aromatic carbocycles. The van der Waals surface area contributed by atoms with E-state index in [-0.39, 0.29) is 11.6 Å². The van der Waals surface area contributed by atoms with Crippen LogP contribution in [0.25, 0.3) is 0 Å². The normalized spacial score (nSPS) is 15.5. The molecule has 7 rings (SSSR count). The molecule has 0 radical (unpaired) electrons. The summed E-state index contributed by atoms with van der Waals surface area (Å²) in [4.78, 5) is 0. The summed E-state index contributed by atoms with van der Waals surface area (Å²) >= 11 is 0. The van der Waals surface area contributed by atoms with Gasteiger partial charge in [0.15, 0.2) is 0 Å². The van der Waals surface area contributed by atoms with E-state index < -0.39 is 15.8 Å². The van der Waals surface area contributed by atoms with Crippen molar-refractivity contribution < 1.29 is 8.78 Å². The molecule has 0 amide bonds. The molecule has 2 nitrogen and oxygen atoms in total. The number of hydrogen-bond acceptors (Lipinski definition) is 2. The van der Waals surface area contributed by atoms with Crippen LogP contribution in [0, 0.1) is 39.3 Å². The first-order chi connectivity index (χ1) is 22.2. The predicted molar refractivity (Wildman–Crippen MR) is 196 cm³/mol. The Kier molecular flexibility index (Phi) is 8.20. The van der Waals surface area contributed by atoms with E-state index in [0.29, 0.717) is 0 Å². The topological polar surface area (TPSA) is 24.1 Å². The highest BCUT2D eigenvalue weighted by Gasteiger charge is 2.28. The predicted octanol–water partition coefficient (Wildman–Crippen LogP) is 8.52. The number of fused-ring (bicyclic) bond motifs is 4. The van der Waals surface area contributed by atoms with Gasteiger partial charge in [0.1, 0.15) is 11.6 Å². The monoisotopic (exact) mass is 642 g/mol. The number of benzene rings is 6. The van der Waals surface area contributed by atoms with Gasteiger partial charge in [-0.3, -0.25) is 0 Å². The van der Waals surface area contributed by atoms with Crippen LogP contribution in [0.3, 0.4) is 0 Å². The van der Waals surface area contributed by atoms with Gasteiger partial charge >= 0.3 is 0 Å². The molecule has 0 spiro atoms. The van der Waals surface area contributed by atoms with Crippen LogP contribution < -0.4 is 42.5 Å². The second-order valence-electron chi connectivity index (χ2n) is 12.0. The molecule has 6 aromatic rings. The molecule has 1 heterocycles. The molecule has 0 bridgehead atoms. The molecule has 0 aromatic heterocycles. The highest BCUT2D eigenvalue weighted by molar-refractivity contribution is 7.81. The average molecular weight is 643 g/mol. The lowest BCUT2D eigenvalue weighted by Gasteiger charge is -2.30. The minimum Gasteiger partial charge on any atom is -0.354 e. The standard InChI is InChI=1S/C40H34F2N2P2/c1-25-11-15-37-33(19-25)43-34-20-26(2)12-16-38(34)46(32-10-6-8-30(42)24-32)40-18-14-28(4)22-36(40)44-35-21-27(3)13-17-39(35)45(37)31-9-5-7-29(41)23-31/h5-24,43-44H,1-4H3. The van der Waals surface area contributed by atoms with Gasteiger partial charge in [-0.2, -0.15) is 0 Å². The van der Waals surface area contributed by atoms with E-state index >= 15 is 0 Å². The van der Waals surface area contributed by atoms with E-state index in [9.17, 15) is 8.78 Å². The largest absolute Gasteiger partial charge is 0.354 e. The zero-order valence-electron chi connectivity index (χ0n) is 26.2. The molecular weight excluding hydrogens is 608 g/mol. The Hall–Kier alpha value is -4.36. The van der Waals surface area contributed by atoms with Crippen LogP contribution in [0.5, 0.6) is 0 Å². The van der Waals surface area contributed by atoms with Crippen molar-refractivity contribution in [1.29, 1.82) is 0 Å². The molecule has 228 valence electrons. The van der Waals surface area contributed by atoms with Crippen molar-refractivity contribution in [1.82, 2.24) is 0 Å². The maximum atomic E-state index is 14.9. The summed E-state index contributed by atoms with van der Waals surface area (Å²) in [5, 5.41) is 14.0. The summed E-state index contributed by atoms with van der Waals surface area (Å²) in [6.07, 6.45) is 0. The number of nitrogens with one attached hydrogen (secondary N) is 2. The second-order valence-corrected chi connectivity index (χ2v) is 16.3. The second kappa shape index (κ2) is 12.4. The minimum absolute atomic E-state index is 0.253. The van der Waals surface area contributed by atoms with E-state index in [0.717, 1.165) is 76.8 Å². The third-order valence-electron chi connectivity index (χ3n) is 8.24. The van der Waals surface area contributed by atoms with Crippen LogP contribution in [-0.4, -0.2) is 0 Å². The zero-order valence-corrected chi connectivity index (χ0v) is 28.0. The van der Waals surface area contributed by atoms with Gasteiger partial charge in [0.05, 0.1) is 0 Å². The van der Waals surface area contributed by atoms with Gasteiger partial charge in [0.25, 0.3) is 0 Å². The fourth-order valence-electron chi connectivity index (χ4n) is 6.12. The van der Waals surface area contributed by atoms with Gasteiger partial charge in [-0.05, 0) is 125 Å². The summed E-state index contributed by atoms with van der Waals surface area (Å²) in [7, 11) is -2.39. The lowest BCUT2D eigenvalue weighted by molar-refractivity contribution is 0.628. The highest BCUT2D eigenvalue weighted by atomic mass is 31.1. The Morgan fingerprint density at radius 2 is 0.696 bits per heavy atom. The summed E-state index contributed by atoms with van der Waals surface area (Å²) in [5.74, 6) is -0.505. The van der Waals surface area contributed by atoms with Crippen LogP contribution in [0.4, 0.5) is 31.5 Å². The average Bonchev–Trinajstić information content (AvgIpc) is 3.01. The van der Waals surface area contributed by atoms with Crippen LogP contribution in [-0.2, 0) is 0 Å². The fourth-order valence-corrected chi connectivity index (χ4v) is 11.1. The smallest absolute Gasteiger partial charge is 0.123 e. The molecule has 0 fully saturated rings. The van der Waals surface area contributed by atoms with Gasteiger partial charge in [-0.15, -0.1) is 0 Å². The van der Waals surface area contributed by atoms with Crippen molar-refractivity contribution in [2.24, 2.45) is 0 Å². The number of hydrogen-bond donors (Lipinski definition) is 2. The molecule has 2 N–H and O–H groups in total.